The third-order valence-corrected chi connectivity index (χ3v) is 8.45. The molecule has 0 radical (unpaired) electrons. The Balaban J connectivity index is 1.69. The maximum atomic E-state index is 13.4. The van der Waals surface area contributed by atoms with Gasteiger partial charge in [0.1, 0.15) is 0 Å². The summed E-state index contributed by atoms with van der Waals surface area (Å²) in [6.07, 6.45) is -1.26. The van der Waals surface area contributed by atoms with Gasteiger partial charge in [0.05, 0.1) is 22.9 Å². The number of benzene rings is 2. The van der Waals surface area contributed by atoms with Crippen LogP contribution in [0.3, 0.4) is 0 Å². The number of nitrogens with zero attached hydrogens (tertiary/aromatic N) is 2. The first-order chi connectivity index (χ1) is 17.3. The predicted octanol–water partition coefficient (Wildman–Crippen LogP) is 5.97. The van der Waals surface area contributed by atoms with Crippen LogP contribution in [0.4, 0.5) is 13.2 Å². The molecule has 0 aliphatic carbocycles. The monoisotopic (exact) mass is 560 g/mol. The zero-order chi connectivity index (χ0) is 27.3. The first-order valence-electron chi connectivity index (χ1n) is 12.5. The maximum Gasteiger partial charge on any atom is 0.417 e. The average molecular weight is 561 g/mol. The number of piperidine rings is 1. The lowest BCUT2D eigenvalue weighted by Gasteiger charge is -2.34. The quantitative estimate of drug-likeness (QED) is 0.318. The van der Waals surface area contributed by atoms with Gasteiger partial charge in [-0.3, -0.25) is 4.90 Å². The van der Waals surface area contributed by atoms with Crippen molar-refractivity contribution in [3.05, 3.63) is 70.2 Å². The van der Waals surface area contributed by atoms with Crippen LogP contribution in [-0.4, -0.2) is 62.8 Å². The number of hydrogen-bond acceptors (Lipinski definition) is 4. The second-order valence-electron chi connectivity index (χ2n) is 10.3. The third kappa shape index (κ3) is 8.68. The first-order valence-corrected chi connectivity index (χ1v) is 14.7. The Hall–Kier alpha value is -1.65. The minimum atomic E-state index is -4.52. The normalized spacial score (nSPS) is 17.9. The molecule has 37 heavy (non-hydrogen) atoms. The van der Waals surface area contributed by atoms with Gasteiger partial charge in [0.25, 0.3) is 0 Å². The smallest absolute Gasteiger partial charge is 0.377 e. The van der Waals surface area contributed by atoms with Crippen LogP contribution in [0.1, 0.15) is 49.8 Å². The first kappa shape index (κ1) is 29.9. The van der Waals surface area contributed by atoms with Crippen LogP contribution >= 0.6 is 11.6 Å². The molecule has 0 aromatic heterocycles. The molecule has 2 aromatic carbocycles. The van der Waals surface area contributed by atoms with Crippen LogP contribution in [0.5, 0.6) is 0 Å². The second kappa shape index (κ2) is 12.5. The molecule has 0 amide bonds. The van der Waals surface area contributed by atoms with E-state index in [-0.39, 0.29) is 23.1 Å². The lowest BCUT2D eigenvalue weighted by Crippen LogP contribution is -2.43. The topological polar surface area (TPSA) is 49.9 Å². The zero-order valence-electron chi connectivity index (χ0n) is 21.6. The molecule has 1 atom stereocenters. The SMILES string of the molecule is CC(C)(CN(CCCOC1CCCN(S(C)(=O)=O)C1)Cc1cccc(C(F)(F)F)c1Cl)c1ccccc1. The number of alkyl halides is 3. The molecule has 0 spiro atoms. The van der Waals surface area contributed by atoms with Gasteiger partial charge >= 0.3 is 6.18 Å². The highest BCUT2D eigenvalue weighted by Crippen LogP contribution is 2.37. The summed E-state index contributed by atoms with van der Waals surface area (Å²) >= 11 is 6.21. The van der Waals surface area contributed by atoms with Crippen molar-refractivity contribution < 1.29 is 26.3 Å². The number of rotatable bonds is 11. The van der Waals surface area contributed by atoms with Gasteiger partial charge in [0.15, 0.2) is 0 Å². The fraction of sp³-hybridized carbons (Fsp3) is 0.556. The molecular formula is C27H36ClF3N2O3S. The molecule has 0 saturated carbocycles. The molecule has 206 valence electrons. The molecule has 1 fully saturated rings. The van der Waals surface area contributed by atoms with Crippen LogP contribution in [0.25, 0.3) is 0 Å². The van der Waals surface area contributed by atoms with E-state index in [1.165, 1.54) is 16.6 Å². The van der Waals surface area contributed by atoms with E-state index in [2.05, 4.69) is 30.9 Å². The van der Waals surface area contributed by atoms with Crippen molar-refractivity contribution in [2.45, 2.75) is 57.3 Å². The number of hydrogen-bond donors (Lipinski definition) is 0. The lowest BCUT2D eigenvalue weighted by molar-refractivity contribution is -0.137. The molecule has 10 heteroatoms. The summed E-state index contributed by atoms with van der Waals surface area (Å²) in [4.78, 5) is 2.11. The maximum absolute atomic E-state index is 13.4. The number of sulfonamides is 1. The van der Waals surface area contributed by atoms with Gasteiger partial charge in [-0.15, -0.1) is 0 Å². The molecule has 1 aliphatic rings. The van der Waals surface area contributed by atoms with Gasteiger partial charge in [0, 0.05) is 44.7 Å². The van der Waals surface area contributed by atoms with Crippen molar-refractivity contribution in [1.82, 2.24) is 9.21 Å². The summed E-state index contributed by atoms with van der Waals surface area (Å²) in [6, 6.07) is 14.0. The number of halogens is 4. The van der Waals surface area contributed by atoms with Crippen molar-refractivity contribution in [3.8, 4) is 0 Å². The van der Waals surface area contributed by atoms with E-state index in [0.29, 0.717) is 44.8 Å². The Morgan fingerprint density at radius 2 is 1.81 bits per heavy atom. The van der Waals surface area contributed by atoms with Gasteiger partial charge in [-0.25, -0.2) is 8.42 Å². The molecule has 5 nitrogen and oxygen atoms in total. The van der Waals surface area contributed by atoms with E-state index in [1.54, 1.807) is 6.07 Å². The summed E-state index contributed by atoms with van der Waals surface area (Å²) in [5.41, 5.74) is 0.479. The Labute approximate surface area is 223 Å². The van der Waals surface area contributed by atoms with Crippen molar-refractivity contribution >= 4 is 21.6 Å². The summed E-state index contributed by atoms with van der Waals surface area (Å²) in [5.74, 6) is 0. The minimum absolute atomic E-state index is 0.157. The lowest BCUT2D eigenvalue weighted by atomic mass is 9.84. The Morgan fingerprint density at radius 3 is 2.46 bits per heavy atom. The Morgan fingerprint density at radius 1 is 1.11 bits per heavy atom. The molecular weight excluding hydrogens is 525 g/mol. The minimum Gasteiger partial charge on any atom is -0.377 e. The largest absolute Gasteiger partial charge is 0.417 e. The molecule has 3 rings (SSSR count). The fourth-order valence-electron chi connectivity index (χ4n) is 4.80. The van der Waals surface area contributed by atoms with Gasteiger partial charge < -0.3 is 4.74 Å². The fourth-order valence-corrected chi connectivity index (χ4v) is 5.99. The van der Waals surface area contributed by atoms with Crippen LogP contribution in [0, 0.1) is 0 Å². The standard InChI is InChI=1S/C27H36ClF3N2O3S/c1-26(2,22-11-5-4-6-12-22)20-32(18-21-10-7-14-24(25(21)28)27(29,30)31)15-9-17-36-23-13-8-16-33(19-23)37(3,34)35/h4-7,10-12,14,23H,8-9,13,15-20H2,1-3H3. The van der Waals surface area contributed by atoms with E-state index in [4.69, 9.17) is 16.3 Å². The van der Waals surface area contributed by atoms with Crippen molar-refractivity contribution in [1.29, 1.82) is 0 Å². The summed E-state index contributed by atoms with van der Waals surface area (Å²) in [7, 11) is -3.25. The van der Waals surface area contributed by atoms with E-state index >= 15 is 0 Å². The third-order valence-electron chi connectivity index (χ3n) is 6.73. The van der Waals surface area contributed by atoms with Crippen molar-refractivity contribution in [3.63, 3.8) is 0 Å². The molecule has 0 N–H and O–H groups in total. The summed E-state index contributed by atoms with van der Waals surface area (Å²) in [6.45, 7) is 6.98. The van der Waals surface area contributed by atoms with Crippen molar-refractivity contribution in [2.24, 2.45) is 0 Å². The van der Waals surface area contributed by atoms with Gasteiger partial charge in [-0.05, 0) is 36.5 Å². The molecule has 1 aliphatic heterocycles. The zero-order valence-corrected chi connectivity index (χ0v) is 23.2. The summed E-state index contributed by atoms with van der Waals surface area (Å²) < 4.78 is 71.5. The highest BCUT2D eigenvalue weighted by Gasteiger charge is 2.34. The highest BCUT2D eigenvalue weighted by molar-refractivity contribution is 7.88. The van der Waals surface area contributed by atoms with E-state index in [0.717, 1.165) is 24.5 Å². The highest BCUT2D eigenvalue weighted by atomic mass is 35.5. The van der Waals surface area contributed by atoms with Gasteiger partial charge in [0.2, 0.25) is 10.0 Å². The van der Waals surface area contributed by atoms with Gasteiger partial charge in [-0.2, -0.15) is 17.5 Å². The summed E-state index contributed by atoms with van der Waals surface area (Å²) in [5, 5.41) is -0.267. The Kier molecular flexibility index (Phi) is 10.1. The van der Waals surface area contributed by atoms with Crippen LogP contribution < -0.4 is 0 Å². The van der Waals surface area contributed by atoms with E-state index in [1.807, 2.05) is 18.2 Å². The van der Waals surface area contributed by atoms with Crippen LogP contribution in [0.2, 0.25) is 5.02 Å². The molecule has 1 unspecified atom stereocenters. The van der Waals surface area contributed by atoms with Crippen molar-refractivity contribution in [2.75, 3.05) is 39.0 Å². The second-order valence-corrected chi connectivity index (χ2v) is 12.7. The van der Waals surface area contributed by atoms with E-state index < -0.39 is 21.8 Å². The molecule has 1 saturated heterocycles. The van der Waals surface area contributed by atoms with Gasteiger partial charge in [-0.1, -0.05) is 67.9 Å². The average Bonchev–Trinajstić information content (AvgIpc) is 2.82. The van der Waals surface area contributed by atoms with Crippen LogP contribution in [0.15, 0.2) is 48.5 Å². The van der Waals surface area contributed by atoms with Crippen LogP contribution in [-0.2, 0) is 32.9 Å². The Bertz CT molecular complexity index is 1130. The van der Waals surface area contributed by atoms with E-state index in [9.17, 15) is 21.6 Å². The molecule has 0 bridgehead atoms. The molecule has 1 heterocycles. The predicted molar refractivity (Wildman–Crippen MR) is 141 cm³/mol. The molecule has 2 aromatic rings. The number of ether oxygens (including phenoxy) is 1.